The van der Waals surface area contributed by atoms with E-state index >= 15 is 0 Å². The predicted molar refractivity (Wildman–Crippen MR) is 128 cm³/mol. The van der Waals surface area contributed by atoms with Crippen molar-refractivity contribution in [2.75, 3.05) is 6.54 Å². The SMILES string of the molecule is Cc1cc2oc3c(c(=O)c2cc1C)C(c1ccc(Cl)c(Cl)c1)N(CCCn1ccnc1)C3=O. The van der Waals surface area contributed by atoms with Crippen molar-refractivity contribution in [3.8, 4) is 0 Å². The first kappa shape index (κ1) is 21.7. The van der Waals surface area contributed by atoms with Crippen molar-refractivity contribution in [1.82, 2.24) is 14.5 Å². The Morgan fingerprint density at radius 3 is 2.55 bits per heavy atom. The highest BCUT2D eigenvalue weighted by Crippen LogP contribution is 2.40. The van der Waals surface area contributed by atoms with Crippen molar-refractivity contribution in [2.45, 2.75) is 32.9 Å². The Labute approximate surface area is 200 Å². The van der Waals surface area contributed by atoms with Crippen LogP contribution in [0.25, 0.3) is 11.0 Å². The van der Waals surface area contributed by atoms with Crippen molar-refractivity contribution in [2.24, 2.45) is 0 Å². The molecule has 0 fully saturated rings. The highest BCUT2D eigenvalue weighted by Gasteiger charge is 2.42. The van der Waals surface area contributed by atoms with E-state index in [1.54, 1.807) is 35.6 Å². The van der Waals surface area contributed by atoms with Gasteiger partial charge in [0.1, 0.15) is 5.58 Å². The van der Waals surface area contributed by atoms with Gasteiger partial charge in [0.15, 0.2) is 5.43 Å². The van der Waals surface area contributed by atoms with Gasteiger partial charge in [-0.1, -0.05) is 29.3 Å². The molecule has 1 amide bonds. The van der Waals surface area contributed by atoms with Gasteiger partial charge in [-0.2, -0.15) is 0 Å². The van der Waals surface area contributed by atoms with Gasteiger partial charge in [-0.05, 0) is 61.2 Å². The van der Waals surface area contributed by atoms with Crippen LogP contribution in [0.15, 0.2) is 58.3 Å². The molecule has 1 atom stereocenters. The number of aromatic nitrogens is 2. The van der Waals surface area contributed by atoms with Crippen LogP contribution in [0.2, 0.25) is 10.0 Å². The first-order valence-electron chi connectivity index (χ1n) is 10.6. The Morgan fingerprint density at radius 2 is 1.82 bits per heavy atom. The zero-order valence-corrected chi connectivity index (χ0v) is 19.7. The fraction of sp³-hybridized carbons (Fsp3) is 0.240. The minimum atomic E-state index is -0.604. The fourth-order valence-corrected chi connectivity index (χ4v) is 4.68. The Bertz CT molecular complexity index is 1440. The number of carbonyl (C=O) groups is 1. The zero-order valence-electron chi connectivity index (χ0n) is 18.1. The molecule has 2 aromatic heterocycles. The first-order chi connectivity index (χ1) is 15.8. The summed E-state index contributed by atoms with van der Waals surface area (Å²) in [6.07, 6.45) is 6.01. The maximum Gasteiger partial charge on any atom is 0.290 e. The summed E-state index contributed by atoms with van der Waals surface area (Å²) in [6, 6.07) is 8.23. The third-order valence-corrected chi connectivity index (χ3v) is 6.95. The van der Waals surface area contributed by atoms with Crippen LogP contribution in [0.3, 0.4) is 0 Å². The van der Waals surface area contributed by atoms with E-state index in [-0.39, 0.29) is 17.1 Å². The van der Waals surface area contributed by atoms with E-state index in [1.807, 2.05) is 36.7 Å². The predicted octanol–water partition coefficient (Wildman–Crippen LogP) is 5.55. The molecule has 168 valence electrons. The van der Waals surface area contributed by atoms with E-state index in [0.29, 0.717) is 46.1 Å². The monoisotopic (exact) mass is 481 g/mol. The summed E-state index contributed by atoms with van der Waals surface area (Å²) in [4.78, 5) is 32.9. The fourth-order valence-electron chi connectivity index (χ4n) is 4.38. The molecule has 4 aromatic rings. The van der Waals surface area contributed by atoms with Gasteiger partial charge in [-0.25, -0.2) is 4.98 Å². The van der Waals surface area contributed by atoms with Crippen molar-refractivity contribution in [1.29, 1.82) is 0 Å². The summed E-state index contributed by atoms with van der Waals surface area (Å²) in [5.41, 5.74) is 3.27. The van der Waals surface area contributed by atoms with Gasteiger partial charge in [0.25, 0.3) is 5.91 Å². The molecule has 8 heteroatoms. The molecular weight excluding hydrogens is 461 g/mol. The van der Waals surface area contributed by atoms with E-state index in [0.717, 1.165) is 16.7 Å². The molecule has 0 N–H and O–H groups in total. The van der Waals surface area contributed by atoms with Crippen LogP contribution in [0, 0.1) is 13.8 Å². The molecule has 2 aromatic carbocycles. The third kappa shape index (κ3) is 3.73. The highest BCUT2D eigenvalue weighted by atomic mass is 35.5. The summed E-state index contributed by atoms with van der Waals surface area (Å²) in [6.45, 7) is 5.02. The van der Waals surface area contributed by atoms with Gasteiger partial charge in [-0.3, -0.25) is 9.59 Å². The quantitative estimate of drug-likeness (QED) is 0.374. The lowest BCUT2D eigenvalue weighted by molar-refractivity contribution is 0.0723. The van der Waals surface area contributed by atoms with Gasteiger partial charge in [0.05, 0.1) is 33.4 Å². The summed E-state index contributed by atoms with van der Waals surface area (Å²) < 4.78 is 8.01. The third-order valence-electron chi connectivity index (χ3n) is 6.22. The number of fused-ring (bicyclic) bond motifs is 2. The molecule has 1 aliphatic rings. The molecule has 0 saturated heterocycles. The Morgan fingerprint density at radius 1 is 1.03 bits per heavy atom. The van der Waals surface area contributed by atoms with Crippen LogP contribution < -0.4 is 5.43 Å². The normalized spacial score (nSPS) is 15.5. The van der Waals surface area contributed by atoms with Gasteiger partial charge in [0.2, 0.25) is 5.76 Å². The van der Waals surface area contributed by atoms with Crippen LogP contribution in [0.5, 0.6) is 0 Å². The molecule has 0 radical (unpaired) electrons. The number of benzene rings is 2. The molecule has 0 spiro atoms. The number of imidazole rings is 1. The largest absolute Gasteiger partial charge is 0.450 e. The lowest BCUT2D eigenvalue weighted by Gasteiger charge is -2.25. The van der Waals surface area contributed by atoms with E-state index in [9.17, 15) is 9.59 Å². The lowest BCUT2D eigenvalue weighted by atomic mass is 9.97. The van der Waals surface area contributed by atoms with Crippen LogP contribution >= 0.6 is 23.2 Å². The molecule has 0 aliphatic carbocycles. The zero-order chi connectivity index (χ0) is 23.3. The standard InChI is InChI=1S/C25H21Cl2N3O3/c1-14-10-17-20(11-15(14)2)33-24-21(23(17)31)22(16-4-5-18(26)19(27)12-16)30(25(24)32)8-3-7-29-9-6-28-13-29/h4-6,9-13,22H,3,7-8H2,1-2H3. The molecule has 0 saturated carbocycles. The molecule has 1 unspecified atom stereocenters. The van der Waals surface area contributed by atoms with Crippen LogP contribution in [0.4, 0.5) is 0 Å². The molecule has 3 heterocycles. The average Bonchev–Trinajstić information content (AvgIpc) is 3.39. The number of amides is 1. The Kier molecular flexibility index (Phi) is 5.51. The Hall–Kier alpha value is -3.09. The number of hydrogen-bond donors (Lipinski definition) is 0. The smallest absolute Gasteiger partial charge is 0.290 e. The summed E-state index contributed by atoms with van der Waals surface area (Å²) in [5, 5.41) is 1.24. The van der Waals surface area contributed by atoms with Gasteiger partial charge < -0.3 is 13.9 Å². The van der Waals surface area contributed by atoms with Gasteiger partial charge in [0, 0.05) is 25.5 Å². The molecule has 5 rings (SSSR count). The topological polar surface area (TPSA) is 68.3 Å². The molecule has 6 nitrogen and oxygen atoms in total. The summed E-state index contributed by atoms with van der Waals surface area (Å²) >= 11 is 12.4. The lowest BCUT2D eigenvalue weighted by Crippen LogP contribution is -2.31. The minimum absolute atomic E-state index is 0.0921. The summed E-state index contributed by atoms with van der Waals surface area (Å²) in [7, 11) is 0. The minimum Gasteiger partial charge on any atom is -0.450 e. The van der Waals surface area contributed by atoms with E-state index < -0.39 is 6.04 Å². The van der Waals surface area contributed by atoms with Crippen molar-refractivity contribution < 1.29 is 9.21 Å². The number of halogens is 2. The molecule has 0 bridgehead atoms. The number of aryl methyl sites for hydroxylation is 3. The number of carbonyl (C=O) groups excluding carboxylic acids is 1. The summed E-state index contributed by atoms with van der Waals surface area (Å²) in [5.74, 6) is -0.210. The van der Waals surface area contributed by atoms with Crippen molar-refractivity contribution in [3.05, 3.63) is 97.3 Å². The maximum absolute atomic E-state index is 13.7. The van der Waals surface area contributed by atoms with Crippen molar-refractivity contribution in [3.63, 3.8) is 0 Å². The van der Waals surface area contributed by atoms with Crippen molar-refractivity contribution >= 4 is 40.1 Å². The van der Waals surface area contributed by atoms with Crippen LogP contribution in [0.1, 0.15) is 45.3 Å². The maximum atomic E-state index is 13.7. The number of hydrogen-bond acceptors (Lipinski definition) is 4. The second kappa shape index (κ2) is 8.36. The van der Waals surface area contributed by atoms with Crippen LogP contribution in [-0.2, 0) is 6.54 Å². The molecular formula is C25H21Cl2N3O3. The molecule has 1 aliphatic heterocycles. The van der Waals surface area contributed by atoms with Gasteiger partial charge in [-0.15, -0.1) is 0 Å². The second-order valence-corrected chi connectivity index (χ2v) is 9.15. The number of nitrogens with zero attached hydrogens (tertiary/aromatic N) is 3. The average molecular weight is 482 g/mol. The first-order valence-corrected chi connectivity index (χ1v) is 11.4. The van der Waals surface area contributed by atoms with E-state index in [4.69, 9.17) is 27.6 Å². The van der Waals surface area contributed by atoms with E-state index in [2.05, 4.69) is 4.98 Å². The van der Waals surface area contributed by atoms with Gasteiger partial charge >= 0.3 is 0 Å². The number of rotatable bonds is 5. The second-order valence-electron chi connectivity index (χ2n) is 8.34. The molecule has 33 heavy (non-hydrogen) atoms. The van der Waals surface area contributed by atoms with E-state index in [1.165, 1.54) is 0 Å². The Balaban J connectivity index is 1.64. The highest BCUT2D eigenvalue weighted by molar-refractivity contribution is 6.42. The van der Waals surface area contributed by atoms with Crippen LogP contribution in [-0.4, -0.2) is 26.9 Å².